The lowest BCUT2D eigenvalue weighted by molar-refractivity contribution is 0.0225. The highest BCUT2D eigenvalue weighted by molar-refractivity contribution is 7.07. The summed E-state index contributed by atoms with van der Waals surface area (Å²) in [4.78, 5) is 38.6. The molecule has 11 heteroatoms. The Labute approximate surface area is 251 Å². The van der Waals surface area contributed by atoms with Gasteiger partial charge >= 0.3 is 12.2 Å². The molecule has 0 bridgehead atoms. The molecule has 2 aromatic carbocycles. The van der Waals surface area contributed by atoms with Gasteiger partial charge < -0.3 is 14.2 Å². The Bertz CT molecular complexity index is 1450. The number of hydrogen-bond acceptors (Lipinski definition) is 9. The number of nitrogens with zero attached hydrogens (tertiary/aromatic N) is 5. The van der Waals surface area contributed by atoms with Crippen molar-refractivity contribution in [2.75, 3.05) is 13.1 Å². The molecule has 1 aliphatic rings. The van der Waals surface area contributed by atoms with E-state index in [1.807, 2.05) is 57.2 Å². The highest BCUT2D eigenvalue weighted by atomic mass is 32.1. The highest BCUT2D eigenvalue weighted by Crippen LogP contribution is 2.34. The third-order valence-electron chi connectivity index (χ3n) is 6.10. The molecule has 0 atom stereocenters. The molecule has 2 heterocycles. The van der Waals surface area contributed by atoms with Gasteiger partial charge in [-0.3, -0.25) is 0 Å². The van der Waals surface area contributed by atoms with Crippen LogP contribution in [0.25, 0.3) is 11.4 Å². The minimum atomic E-state index is -0.716. The molecule has 1 aromatic heterocycles. The number of aromatic nitrogens is 2. The van der Waals surface area contributed by atoms with E-state index in [9.17, 15) is 9.59 Å². The van der Waals surface area contributed by atoms with E-state index in [4.69, 9.17) is 19.2 Å². The lowest BCUT2D eigenvalue weighted by Crippen LogP contribution is -2.56. The Kier molecular flexibility index (Phi) is 8.91. The SMILES string of the molecule is Cc1ccc(-c2nsc(Oc3cc(C)c(N=C4N(C(=O)OC(C)(C)C)CCCN4C(=O)OC(C)(C)C)cc3C)n2)cc1. The minimum absolute atomic E-state index is 0.160. The number of hydrogen-bond donors (Lipinski definition) is 0. The molecule has 0 saturated carbocycles. The van der Waals surface area contributed by atoms with Crippen LogP contribution in [0.3, 0.4) is 0 Å². The largest absolute Gasteiger partial charge is 0.443 e. The number of rotatable bonds is 4. The van der Waals surface area contributed by atoms with Gasteiger partial charge in [-0.05, 0) is 92.0 Å². The molecule has 1 aliphatic heterocycles. The van der Waals surface area contributed by atoms with Gasteiger partial charge in [0.05, 0.1) is 5.69 Å². The molecule has 0 unspecified atom stereocenters. The summed E-state index contributed by atoms with van der Waals surface area (Å²) in [6.07, 6.45) is -0.608. The molecule has 1 saturated heterocycles. The van der Waals surface area contributed by atoms with Crippen molar-refractivity contribution in [2.45, 2.75) is 79.9 Å². The summed E-state index contributed by atoms with van der Waals surface area (Å²) >= 11 is 1.18. The van der Waals surface area contributed by atoms with Crippen LogP contribution in [0.1, 0.15) is 64.7 Å². The number of ether oxygens (including phenoxy) is 3. The summed E-state index contributed by atoms with van der Waals surface area (Å²) < 4.78 is 21.9. The van der Waals surface area contributed by atoms with Crippen LogP contribution in [0.15, 0.2) is 41.4 Å². The molecule has 2 amide bonds. The number of aryl methyl sites for hydroxylation is 3. The van der Waals surface area contributed by atoms with E-state index in [2.05, 4.69) is 9.36 Å². The number of guanidine groups is 1. The van der Waals surface area contributed by atoms with Gasteiger partial charge in [0.15, 0.2) is 5.82 Å². The van der Waals surface area contributed by atoms with Crippen molar-refractivity contribution in [3.63, 3.8) is 0 Å². The second-order valence-electron chi connectivity index (χ2n) is 12.3. The quantitative estimate of drug-likeness (QED) is 0.304. The standard InChI is InChI=1S/C31H39N5O5S/c1-19-11-13-22(14-12-19)25-33-27(42-34-25)39-24-18-20(2)23(17-21(24)3)32-26-35(28(37)40-30(4,5)6)15-10-16-36(26)29(38)41-31(7,8)9/h11-14,17-18H,10,15-16H2,1-9H3. The van der Waals surface area contributed by atoms with Crippen LogP contribution in [0, 0.1) is 20.8 Å². The summed E-state index contributed by atoms with van der Waals surface area (Å²) in [7, 11) is 0. The van der Waals surface area contributed by atoms with Crippen molar-refractivity contribution in [3.05, 3.63) is 53.1 Å². The van der Waals surface area contributed by atoms with Gasteiger partial charge in [0, 0.05) is 30.2 Å². The van der Waals surface area contributed by atoms with Crippen molar-refractivity contribution in [3.8, 4) is 22.3 Å². The maximum Gasteiger partial charge on any atom is 0.417 e. The van der Waals surface area contributed by atoms with E-state index >= 15 is 0 Å². The molecular weight excluding hydrogens is 554 g/mol. The number of amides is 2. The Morgan fingerprint density at radius 2 is 1.43 bits per heavy atom. The van der Waals surface area contributed by atoms with E-state index in [-0.39, 0.29) is 5.96 Å². The van der Waals surface area contributed by atoms with Crippen LogP contribution in [0.2, 0.25) is 0 Å². The lowest BCUT2D eigenvalue weighted by atomic mass is 10.1. The predicted octanol–water partition coefficient (Wildman–Crippen LogP) is 7.79. The maximum absolute atomic E-state index is 13.2. The third-order valence-corrected chi connectivity index (χ3v) is 6.70. The Hall–Kier alpha value is -3.99. The van der Waals surface area contributed by atoms with Crippen LogP contribution in [-0.2, 0) is 9.47 Å². The van der Waals surface area contributed by atoms with Crippen LogP contribution in [0.5, 0.6) is 10.9 Å². The number of benzene rings is 2. The molecule has 42 heavy (non-hydrogen) atoms. The Morgan fingerprint density at radius 3 is 1.98 bits per heavy atom. The topological polar surface area (TPSA) is 106 Å². The summed E-state index contributed by atoms with van der Waals surface area (Å²) in [5.41, 5.74) is 2.81. The van der Waals surface area contributed by atoms with Crippen molar-refractivity contribution in [2.24, 2.45) is 4.99 Å². The van der Waals surface area contributed by atoms with Crippen LogP contribution >= 0.6 is 11.5 Å². The zero-order valence-corrected chi connectivity index (χ0v) is 26.6. The third kappa shape index (κ3) is 7.84. The molecule has 4 rings (SSSR count). The summed E-state index contributed by atoms with van der Waals surface area (Å²) in [6, 6.07) is 11.7. The van der Waals surface area contributed by atoms with E-state index < -0.39 is 23.4 Å². The summed E-state index contributed by atoms with van der Waals surface area (Å²) in [5, 5.41) is 0.423. The summed E-state index contributed by atoms with van der Waals surface area (Å²) in [5.74, 6) is 1.38. The molecular formula is C31H39N5O5S. The monoisotopic (exact) mass is 593 g/mol. The number of carbonyl (C=O) groups excluding carboxylic acids is 2. The zero-order valence-electron chi connectivity index (χ0n) is 25.8. The molecule has 0 N–H and O–H groups in total. The van der Waals surface area contributed by atoms with Gasteiger partial charge in [0.2, 0.25) is 5.96 Å². The average molecular weight is 594 g/mol. The van der Waals surface area contributed by atoms with Gasteiger partial charge in [0.25, 0.3) is 5.19 Å². The smallest absolute Gasteiger partial charge is 0.417 e. The molecule has 1 fully saturated rings. The first-order valence-electron chi connectivity index (χ1n) is 13.9. The minimum Gasteiger partial charge on any atom is -0.443 e. The van der Waals surface area contributed by atoms with Crippen LogP contribution in [-0.4, -0.2) is 61.6 Å². The second kappa shape index (κ2) is 12.1. The van der Waals surface area contributed by atoms with Crippen molar-refractivity contribution in [1.29, 1.82) is 0 Å². The lowest BCUT2D eigenvalue weighted by Gasteiger charge is -2.37. The molecule has 0 radical (unpaired) electrons. The number of carbonyl (C=O) groups is 2. The first-order chi connectivity index (χ1) is 19.6. The van der Waals surface area contributed by atoms with Gasteiger partial charge in [-0.1, -0.05) is 29.8 Å². The van der Waals surface area contributed by atoms with Crippen molar-refractivity contribution in [1.82, 2.24) is 19.2 Å². The maximum atomic E-state index is 13.2. The fourth-order valence-corrected chi connectivity index (χ4v) is 4.68. The first-order valence-corrected chi connectivity index (χ1v) is 14.7. The van der Waals surface area contributed by atoms with E-state index in [1.165, 1.54) is 21.3 Å². The summed E-state index contributed by atoms with van der Waals surface area (Å²) in [6.45, 7) is 17.3. The fraction of sp³-hybridized carbons (Fsp3) is 0.452. The Morgan fingerprint density at radius 1 is 0.857 bits per heavy atom. The van der Waals surface area contributed by atoms with Crippen molar-refractivity contribution < 1.29 is 23.8 Å². The molecule has 0 aliphatic carbocycles. The first kappa shape index (κ1) is 31.0. The van der Waals surface area contributed by atoms with E-state index in [0.717, 1.165) is 22.3 Å². The molecule has 0 spiro atoms. The second-order valence-corrected chi connectivity index (χ2v) is 13.0. The van der Waals surface area contributed by atoms with Gasteiger partial charge in [-0.2, -0.15) is 9.36 Å². The van der Waals surface area contributed by atoms with Crippen LogP contribution in [0.4, 0.5) is 15.3 Å². The van der Waals surface area contributed by atoms with Gasteiger partial charge in [0.1, 0.15) is 17.0 Å². The van der Waals surface area contributed by atoms with Crippen LogP contribution < -0.4 is 4.74 Å². The van der Waals surface area contributed by atoms with Gasteiger partial charge in [-0.25, -0.2) is 24.4 Å². The van der Waals surface area contributed by atoms with Crippen molar-refractivity contribution >= 4 is 35.4 Å². The van der Waals surface area contributed by atoms with E-state index in [1.54, 1.807) is 41.5 Å². The van der Waals surface area contributed by atoms with E-state index in [0.29, 0.717) is 42.0 Å². The normalized spacial score (nSPS) is 14.1. The molecule has 10 nitrogen and oxygen atoms in total. The average Bonchev–Trinajstić information content (AvgIpc) is 3.34. The molecule has 3 aromatic rings. The molecule has 224 valence electrons. The number of aliphatic imine (C=N–C) groups is 1. The highest BCUT2D eigenvalue weighted by Gasteiger charge is 2.37. The van der Waals surface area contributed by atoms with Gasteiger partial charge in [-0.15, -0.1) is 0 Å². The Balaban J connectivity index is 1.65. The fourth-order valence-electron chi connectivity index (χ4n) is 4.11. The predicted molar refractivity (Wildman–Crippen MR) is 164 cm³/mol. The zero-order chi connectivity index (χ0) is 30.8.